The van der Waals surface area contributed by atoms with Gasteiger partial charge in [-0.05, 0) is 38.5 Å². The highest BCUT2D eigenvalue weighted by Gasteiger charge is 2.02. The second kappa shape index (κ2) is 17.3. The number of nitrogens with zero attached hydrogens (tertiary/aromatic N) is 1. The van der Waals surface area contributed by atoms with Crippen molar-refractivity contribution < 1.29 is 13.9 Å². The minimum atomic E-state index is -0.121. The molecule has 0 radical (unpaired) electrons. The van der Waals surface area contributed by atoms with Crippen molar-refractivity contribution in [2.75, 3.05) is 32.1 Å². The molecule has 1 aromatic rings. The van der Waals surface area contributed by atoms with Crippen LogP contribution in [0.3, 0.4) is 0 Å². The Morgan fingerprint density at radius 1 is 1.10 bits per heavy atom. The van der Waals surface area contributed by atoms with Crippen molar-refractivity contribution in [3.05, 3.63) is 49.2 Å². The highest BCUT2D eigenvalue weighted by molar-refractivity contribution is 5.91. The van der Waals surface area contributed by atoms with E-state index in [0.29, 0.717) is 24.9 Å². The first kappa shape index (κ1) is 25.5. The maximum Gasteiger partial charge on any atom is 0.298 e. The Labute approximate surface area is 181 Å². The van der Waals surface area contributed by atoms with Crippen LogP contribution in [0.15, 0.2) is 53.6 Å². The molecule has 0 atom stereocenters. The number of carbonyl (C=O) groups excluding carboxylic acids is 1. The maximum atomic E-state index is 11.5. The fourth-order valence-electron chi connectivity index (χ4n) is 2.71. The van der Waals surface area contributed by atoms with Gasteiger partial charge < -0.3 is 25.1 Å². The molecule has 3 N–H and O–H groups in total. The highest BCUT2D eigenvalue weighted by Crippen LogP contribution is 2.08. The Morgan fingerprint density at radius 3 is 2.50 bits per heavy atom. The van der Waals surface area contributed by atoms with Gasteiger partial charge in [0.1, 0.15) is 6.26 Å². The minimum absolute atomic E-state index is 0.121. The zero-order valence-electron chi connectivity index (χ0n) is 18.4. The molecule has 30 heavy (non-hydrogen) atoms. The number of oxazole rings is 1. The number of anilines is 1. The van der Waals surface area contributed by atoms with E-state index in [4.69, 9.17) is 9.15 Å². The molecule has 0 unspecified atom stereocenters. The first-order valence-corrected chi connectivity index (χ1v) is 10.9. The van der Waals surface area contributed by atoms with E-state index in [-0.39, 0.29) is 5.91 Å². The first-order chi connectivity index (χ1) is 14.6. The van der Waals surface area contributed by atoms with Crippen molar-refractivity contribution >= 4 is 11.9 Å². The molecule has 1 aromatic heterocycles. The molecule has 0 aromatic carbocycles. The van der Waals surface area contributed by atoms with Gasteiger partial charge in [0.15, 0.2) is 0 Å². The number of unbranched alkanes of at least 4 members (excludes halogenated alkanes) is 7. The smallest absolute Gasteiger partial charge is 0.298 e. The summed E-state index contributed by atoms with van der Waals surface area (Å²) >= 11 is 0. The summed E-state index contributed by atoms with van der Waals surface area (Å²) in [5.41, 5.74) is 1.15. The molecule has 0 bridgehead atoms. The fraction of sp³-hybridized carbons (Fsp3) is 0.565. The van der Waals surface area contributed by atoms with Crippen LogP contribution in [0.25, 0.3) is 0 Å². The summed E-state index contributed by atoms with van der Waals surface area (Å²) in [7, 11) is 1.70. The lowest BCUT2D eigenvalue weighted by molar-refractivity contribution is -0.117. The van der Waals surface area contributed by atoms with Gasteiger partial charge in [0.05, 0.1) is 18.5 Å². The van der Waals surface area contributed by atoms with E-state index in [1.165, 1.54) is 31.9 Å². The van der Waals surface area contributed by atoms with Gasteiger partial charge in [-0.3, -0.25) is 4.79 Å². The van der Waals surface area contributed by atoms with Crippen LogP contribution in [0.5, 0.6) is 0 Å². The second-order valence-corrected chi connectivity index (χ2v) is 7.13. The normalized spacial score (nSPS) is 10.8. The zero-order chi connectivity index (χ0) is 21.9. The third kappa shape index (κ3) is 13.6. The van der Waals surface area contributed by atoms with Crippen LogP contribution in [0, 0.1) is 0 Å². The zero-order valence-corrected chi connectivity index (χ0v) is 18.4. The van der Waals surface area contributed by atoms with Crippen LogP contribution >= 0.6 is 0 Å². The SMILES string of the molecule is C=C(COCCCCCCC/C=C\CCCCNC(=O)C(=C)NC)Nc1ncco1. The van der Waals surface area contributed by atoms with E-state index >= 15 is 0 Å². The van der Waals surface area contributed by atoms with Gasteiger partial charge in [0.2, 0.25) is 0 Å². The van der Waals surface area contributed by atoms with Gasteiger partial charge in [0, 0.05) is 25.9 Å². The molecule has 7 heteroatoms. The van der Waals surface area contributed by atoms with E-state index in [2.05, 4.69) is 46.2 Å². The van der Waals surface area contributed by atoms with Crippen LogP contribution in [-0.4, -0.2) is 37.7 Å². The number of allylic oxidation sites excluding steroid dienone is 2. The van der Waals surface area contributed by atoms with Crippen molar-refractivity contribution in [1.29, 1.82) is 0 Å². The number of amides is 1. The van der Waals surface area contributed by atoms with Crippen LogP contribution in [0.2, 0.25) is 0 Å². The predicted molar refractivity (Wildman–Crippen MR) is 122 cm³/mol. The Hall–Kier alpha value is -2.54. The second-order valence-electron chi connectivity index (χ2n) is 7.13. The van der Waals surface area contributed by atoms with Crippen LogP contribution in [-0.2, 0) is 9.53 Å². The largest absolute Gasteiger partial charge is 0.432 e. The summed E-state index contributed by atoms with van der Waals surface area (Å²) in [5.74, 6) is -0.121. The van der Waals surface area contributed by atoms with E-state index in [1.54, 1.807) is 13.2 Å². The Bertz CT molecular complexity index is 626. The number of ether oxygens (including phenoxy) is 1. The molecule has 0 spiro atoms. The molecule has 1 heterocycles. The number of carbonyl (C=O) groups is 1. The van der Waals surface area contributed by atoms with Crippen LogP contribution in [0.1, 0.15) is 57.8 Å². The van der Waals surface area contributed by atoms with Gasteiger partial charge in [-0.1, -0.05) is 44.6 Å². The highest BCUT2D eigenvalue weighted by atomic mass is 16.5. The molecule has 0 aliphatic heterocycles. The lowest BCUT2D eigenvalue weighted by Crippen LogP contribution is -2.30. The molecule has 1 amide bonds. The van der Waals surface area contributed by atoms with Crippen molar-refractivity contribution in [3.8, 4) is 0 Å². The van der Waals surface area contributed by atoms with Gasteiger partial charge in [-0.2, -0.15) is 0 Å². The molecular weight excluding hydrogens is 380 g/mol. The van der Waals surface area contributed by atoms with Crippen molar-refractivity contribution in [2.24, 2.45) is 0 Å². The van der Waals surface area contributed by atoms with E-state index in [0.717, 1.165) is 44.4 Å². The lowest BCUT2D eigenvalue weighted by Gasteiger charge is -2.07. The molecule has 0 saturated carbocycles. The molecule has 1 rings (SSSR count). The molecule has 7 nitrogen and oxygen atoms in total. The van der Waals surface area contributed by atoms with Gasteiger partial charge in [0.25, 0.3) is 11.9 Å². The maximum absolute atomic E-state index is 11.5. The van der Waals surface area contributed by atoms with Gasteiger partial charge >= 0.3 is 0 Å². The fourth-order valence-corrected chi connectivity index (χ4v) is 2.71. The number of rotatable bonds is 19. The quantitative estimate of drug-likeness (QED) is 0.174. The topological polar surface area (TPSA) is 88.4 Å². The molecule has 0 aliphatic rings. The molecule has 0 saturated heterocycles. The summed E-state index contributed by atoms with van der Waals surface area (Å²) in [6, 6.07) is 0.443. The summed E-state index contributed by atoms with van der Waals surface area (Å²) < 4.78 is 10.7. The van der Waals surface area contributed by atoms with Gasteiger partial charge in [-0.15, -0.1) is 0 Å². The number of likely N-dealkylation sites (N-methyl/N-ethyl adjacent to an activating group) is 1. The Morgan fingerprint density at radius 2 is 1.80 bits per heavy atom. The predicted octanol–water partition coefficient (Wildman–Crippen LogP) is 4.53. The van der Waals surface area contributed by atoms with Gasteiger partial charge in [-0.25, -0.2) is 4.98 Å². The Kier molecular flexibility index (Phi) is 14.7. The average molecular weight is 419 g/mol. The number of hydrogen-bond acceptors (Lipinski definition) is 6. The number of aromatic nitrogens is 1. The number of hydrogen-bond donors (Lipinski definition) is 3. The Balaban J connectivity index is 1.80. The van der Waals surface area contributed by atoms with Crippen LogP contribution < -0.4 is 16.0 Å². The van der Waals surface area contributed by atoms with E-state index < -0.39 is 0 Å². The first-order valence-electron chi connectivity index (χ1n) is 10.9. The van der Waals surface area contributed by atoms with Crippen molar-refractivity contribution in [1.82, 2.24) is 15.6 Å². The molecule has 0 fully saturated rings. The molecule has 168 valence electrons. The van der Waals surface area contributed by atoms with E-state index in [9.17, 15) is 4.79 Å². The third-order valence-corrected chi connectivity index (χ3v) is 4.48. The summed E-state index contributed by atoms with van der Waals surface area (Å²) in [6.07, 6.45) is 17.9. The van der Waals surface area contributed by atoms with Crippen molar-refractivity contribution in [3.63, 3.8) is 0 Å². The van der Waals surface area contributed by atoms with Crippen molar-refractivity contribution in [2.45, 2.75) is 57.8 Å². The van der Waals surface area contributed by atoms with Crippen LogP contribution in [0.4, 0.5) is 6.01 Å². The summed E-state index contributed by atoms with van der Waals surface area (Å²) in [5, 5.41) is 8.54. The third-order valence-electron chi connectivity index (χ3n) is 4.48. The standard InChI is InChI=1S/C23H38N4O3/c1-20(27-23-26-16-18-30-23)19-29-17-14-12-10-8-6-4-5-7-9-11-13-15-25-22(28)21(2)24-3/h5,7,16,18,24H,1-2,4,6,8-15,17,19H2,3H3,(H,25,28)(H,26,27)/b7-5-. The molecule has 0 aliphatic carbocycles. The average Bonchev–Trinajstić information content (AvgIpc) is 3.25. The minimum Gasteiger partial charge on any atom is -0.432 e. The van der Waals surface area contributed by atoms with E-state index in [1.807, 2.05) is 0 Å². The lowest BCUT2D eigenvalue weighted by atomic mass is 10.1. The summed E-state index contributed by atoms with van der Waals surface area (Å²) in [4.78, 5) is 15.5. The number of nitrogens with one attached hydrogen (secondary N) is 3. The monoisotopic (exact) mass is 418 g/mol. The molecular formula is C23H38N4O3. The summed E-state index contributed by atoms with van der Waals surface area (Å²) in [6.45, 7) is 9.42.